The Bertz CT molecular complexity index is 452. The normalized spacial score (nSPS) is 16.9. The molecule has 0 saturated carbocycles. The van der Waals surface area contributed by atoms with E-state index in [0.717, 1.165) is 25.8 Å². The molecular formula is C13H19ClN4O. The number of hydrogen-bond acceptors (Lipinski definition) is 4. The van der Waals surface area contributed by atoms with Crippen molar-refractivity contribution in [3.05, 3.63) is 22.8 Å². The van der Waals surface area contributed by atoms with Crippen LogP contribution in [0.25, 0.3) is 0 Å². The first-order chi connectivity index (χ1) is 9.20. The Morgan fingerprint density at radius 2 is 2.11 bits per heavy atom. The summed E-state index contributed by atoms with van der Waals surface area (Å²) in [4.78, 5) is 18.2. The number of halogens is 1. The second-order valence-electron chi connectivity index (χ2n) is 4.75. The molecule has 1 aromatic rings. The van der Waals surface area contributed by atoms with E-state index in [-0.39, 0.29) is 5.91 Å². The minimum Gasteiger partial charge on any atom is -0.337 e. The number of carbonyl (C=O) groups excluding carboxylic acids is 1. The minimum absolute atomic E-state index is 0.184. The molecule has 0 aliphatic carbocycles. The van der Waals surface area contributed by atoms with Crippen LogP contribution in [0.5, 0.6) is 0 Å². The van der Waals surface area contributed by atoms with Crippen LogP contribution in [0.15, 0.2) is 12.1 Å². The molecule has 0 spiro atoms. The molecule has 1 aromatic heterocycles. The van der Waals surface area contributed by atoms with E-state index in [1.54, 1.807) is 12.1 Å². The lowest BCUT2D eigenvalue weighted by Gasteiger charge is -2.25. The number of likely N-dealkylation sites (tertiary alicyclic amines) is 1. The lowest BCUT2D eigenvalue weighted by Crippen LogP contribution is -2.32. The number of nitrogens with zero attached hydrogens (tertiary/aromatic N) is 2. The van der Waals surface area contributed by atoms with Gasteiger partial charge in [-0.25, -0.2) is 10.8 Å². The van der Waals surface area contributed by atoms with Crippen molar-refractivity contribution in [2.45, 2.75) is 38.6 Å². The quantitative estimate of drug-likeness (QED) is 0.659. The van der Waals surface area contributed by atoms with Gasteiger partial charge < -0.3 is 10.3 Å². The van der Waals surface area contributed by atoms with Crippen molar-refractivity contribution >= 4 is 23.3 Å². The van der Waals surface area contributed by atoms with Crippen LogP contribution in [0.1, 0.15) is 37.8 Å². The molecule has 5 nitrogen and oxygen atoms in total. The molecule has 2 heterocycles. The molecule has 0 atom stereocenters. The number of pyridine rings is 1. The summed E-state index contributed by atoms with van der Waals surface area (Å²) >= 11 is 6.12. The van der Waals surface area contributed by atoms with Crippen LogP contribution in [0.4, 0.5) is 5.82 Å². The van der Waals surface area contributed by atoms with Crippen LogP contribution in [0, 0.1) is 0 Å². The largest absolute Gasteiger partial charge is 0.337 e. The summed E-state index contributed by atoms with van der Waals surface area (Å²) in [6.07, 6.45) is 4.95. The van der Waals surface area contributed by atoms with E-state index in [9.17, 15) is 4.79 Å². The van der Waals surface area contributed by atoms with Crippen LogP contribution in [0.3, 0.4) is 0 Å². The van der Waals surface area contributed by atoms with Gasteiger partial charge in [0.1, 0.15) is 5.82 Å². The predicted octanol–water partition coefficient (Wildman–Crippen LogP) is 2.31. The monoisotopic (exact) mass is 282 g/mol. The van der Waals surface area contributed by atoms with Gasteiger partial charge >= 0.3 is 0 Å². The van der Waals surface area contributed by atoms with Gasteiger partial charge in [-0.3, -0.25) is 4.79 Å². The Hall–Kier alpha value is -1.33. The first-order valence-corrected chi connectivity index (χ1v) is 6.98. The zero-order valence-corrected chi connectivity index (χ0v) is 11.6. The van der Waals surface area contributed by atoms with E-state index in [0.29, 0.717) is 29.5 Å². The summed E-state index contributed by atoms with van der Waals surface area (Å²) in [5.74, 6) is 6.08. The van der Waals surface area contributed by atoms with Crippen molar-refractivity contribution in [1.82, 2.24) is 9.88 Å². The molecule has 0 bridgehead atoms. The summed E-state index contributed by atoms with van der Waals surface area (Å²) in [5, 5.41) is 0.564. The Balaban J connectivity index is 2.11. The predicted molar refractivity (Wildman–Crippen MR) is 75.6 cm³/mol. The van der Waals surface area contributed by atoms with Crippen molar-refractivity contribution in [2.24, 2.45) is 5.84 Å². The fourth-order valence-corrected chi connectivity index (χ4v) is 2.40. The van der Waals surface area contributed by atoms with Crippen molar-refractivity contribution in [3.8, 4) is 0 Å². The second-order valence-corrected chi connectivity index (χ2v) is 5.16. The average Bonchev–Trinajstić information content (AvgIpc) is 2.40. The topological polar surface area (TPSA) is 71.2 Å². The van der Waals surface area contributed by atoms with Crippen molar-refractivity contribution in [1.29, 1.82) is 0 Å². The van der Waals surface area contributed by atoms with Crippen molar-refractivity contribution < 1.29 is 4.79 Å². The first kappa shape index (κ1) is 14.1. The van der Waals surface area contributed by atoms with Gasteiger partial charge in [0.2, 0.25) is 5.91 Å². The van der Waals surface area contributed by atoms with Crippen molar-refractivity contribution in [3.63, 3.8) is 0 Å². The average molecular weight is 283 g/mol. The van der Waals surface area contributed by atoms with Crippen LogP contribution in [-0.4, -0.2) is 22.3 Å². The highest BCUT2D eigenvalue weighted by Crippen LogP contribution is 2.20. The van der Waals surface area contributed by atoms with Gasteiger partial charge in [0, 0.05) is 13.0 Å². The SMILES string of the molecule is NNc1ccc(Cl)c(CN2CCCCCCC2=O)n1. The lowest BCUT2D eigenvalue weighted by atomic mass is 10.1. The summed E-state index contributed by atoms with van der Waals surface area (Å²) in [7, 11) is 0. The number of amides is 1. The van der Waals surface area contributed by atoms with E-state index in [1.165, 1.54) is 6.42 Å². The smallest absolute Gasteiger partial charge is 0.222 e. The molecule has 1 amide bonds. The number of anilines is 1. The van der Waals surface area contributed by atoms with Crippen LogP contribution in [0.2, 0.25) is 5.02 Å². The molecule has 2 rings (SSSR count). The fourth-order valence-electron chi connectivity index (χ4n) is 2.24. The zero-order valence-electron chi connectivity index (χ0n) is 10.9. The standard InChI is InChI=1S/C13H19ClN4O/c14-10-6-7-12(17-15)16-11(10)9-18-8-4-2-1-3-5-13(18)19/h6-7H,1-5,8-9,15H2,(H,16,17). The van der Waals surface area contributed by atoms with Crippen LogP contribution < -0.4 is 11.3 Å². The molecule has 19 heavy (non-hydrogen) atoms. The first-order valence-electron chi connectivity index (χ1n) is 6.60. The number of carbonyl (C=O) groups is 1. The number of nitrogens with two attached hydrogens (primary N) is 1. The summed E-state index contributed by atoms with van der Waals surface area (Å²) in [6, 6.07) is 3.45. The highest BCUT2D eigenvalue weighted by molar-refractivity contribution is 6.31. The van der Waals surface area contributed by atoms with Crippen molar-refractivity contribution in [2.75, 3.05) is 12.0 Å². The minimum atomic E-state index is 0.184. The fraction of sp³-hybridized carbons (Fsp3) is 0.538. The van der Waals surface area contributed by atoms with Gasteiger partial charge in [0.25, 0.3) is 0 Å². The number of nitrogen functional groups attached to an aromatic ring is 1. The number of hydrazine groups is 1. The van der Waals surface area contributed by atoms with Gasteiger partial charge in [-0.05, 0) is 25.0 Å². The molecule has 104 valence electrons. The molecule has 1 aliphatic heterocycles. The summed E-state index contributed by atoms with van der Waals surface area (Å²) in [5.41, 5.74) is 3.18. The summed E-state index contributed by atoms with van der Waals surface area (Å²) < 4.78 is 0. The Labute approximate surface area is 118 Å². The number of aromatic nitrogens is 1. The summed E-state index contributed by atoms with van der Waals surface area (Å²) in [6.45, 7) is 1.23. The van der Waals surface area contributed by atoms with E-state index < -0.39 is 0 Å². The van der Waals surface area contributed by atoms with Gasteiger partial charge in [0.15, 0.2) is 0 Å². The van der Waals surface area contributed by atoms with E-state index >= 15 is 0 Å². The number of hydrogen-bond donors (Lipinski definition) is 2. The van der Waals surface area contributed by atoms with Crippen LogP contribution in [-0.2, 0) is 11.3 Å². The Kier molecular flexibility index (Phi) is 4.99. The molecule has 0 aromatic carbocycles. The maximum absolute atomic E-state index is 12.1. The lowest BCUT2D eigenvalue weighted by molar-refractivity contribution is -0.132. The van der Waals surface area contributed by atoms with Crippen LogP contribution >= 0.6 is 11.6 Å². The van der Waals surface area contributed by atoms with Gasteiger partial charge in [-0.1, -0.05) is 24.4 Å². The highest BCUT2D eigenvalue weighted by atomic mass is 35.5. The van der Waals surface area contributed by atoms with E-state index in [1.807, 2.05) is 4.90 Å². The zero-order chi connectivity index (χ0) is 13.7. The van der Waals surface area contributed by atoms with E-state index in [4.69, 9.17) is 17.4 Å². The molecule has 1 saturated heterocycles. The Morgan fingerprint density at radius 3 is 2.89 bits per heavy atom. The third kappa shape index (κ3) is 3.81. The highest BCUT2D eigenvalue weighted by Gasteiger charge is 2.17. The molecule has 1 fully saturated rings. The maximum atomic E-state index is 12.1. The second kappa shape index (κ2) is 6.73. The molecule has 0 radical (unpaired) electrons. The third-order valence-electron chi connectivity index (χ3n) is 3.33. The molecule has 0 unspecified atom stereocenters. The Morgan fingerprint density at radius 1 is 1.32 bits per heavy atom. The van der Waals surface area contributed by atoms with Gasteiger partial charge in [-0.2, -0.15) is 0 Å². The maximum Gasteiger partial charge on any atom is 0.222 e. The third-order valence-corrected chi connectivity index (χ3v) is 3.67. The van der Waals surface area contributed by atoms with Gasteiger partial charge in [0.05, 0.1) is 17.3 Å². The number of nitrogens with one attached hydrogen (secondary N) is 1. The van der Waals surface area contributed by atoms with E-state index in [2.05, 4.69) is 10.4 Å². The molecular weight excluding hydrogens is 264 g/mol. The molecule has 3 N–H and O–H groups in total. The molecule has 1 aliphatic rings. The molecule has 6 heteroatoms. The number of rotatable bonds is 3. The van der Waals surface area contributed by atoms with Gasteiger partial charge in [-0.15, -0.1) is 0 Å².